The molecule has 1 amide bonds. The van der Waals surface area contributed by atoms with E-state index in [2.05, 4.69) is 12.2 Å². The molecule has 1 saturated heterocycles. The van der Waals surface area contributed by atoms with E-state index in [-0.39, 0.29) is 12.5 Å². The van der Waals surface area contributed by atoms with Gasteiger partial charge in [-0.2, -0.15) is 4.31 Å². The third-order valence-electron chi connectivity index (χ3n) is 5.98. The zero-order chi connectivity index (χ0) is 22.2. The molecule has 0 bridgehead atoms. The first-order valence-electron chi connectivity index (χ1n) is 10.4. The first kappa shape index (κ1) is 22.4. The molecule has 0 aromatic carbocycles. The van der Waals surface area contributed by atoms with Gasteiger partial charge in [0.05, 0.1) is 18.6 Å². The van der Waals surface area contributed by atoms with Crippen LogP contribution in [0.15, 0.2) is 21.7 Å². The molecular weight excluding hydrogens is 456 g/mol. The number of carbonyl (C=O) groups is 2. The lowest BCUT2D eigenvalue weighted by Gasteiger charge is -2.30. The molecule has 1 fully saturated rings. The van der Waals surface area contributed by atoms with E-state index in [1.165, 1.54) is 34.1 Å². The molecule has 10 heteroatoms. The van der Waals surface area contributed by atoms with E-state index in [1.807, 2.05) is 0 Å². The van der Waals surface area contributed by atoms with Gasteiger partial charge in [-0.15, -0.1) is 22.7 Å². The molecular formula is C21H26N2O5S3. The van der Waals surface area contributed by atoms with Crippen LogP contribution in [0.4, 0.5) is 5.00 Å². The summed E-state index contributed by atoms with van der Waals surface area (Å²) < 4.78 is 32.4. The molecule has 7 nitrogen and oxygen atoms in total. The normalized spacial score (nSPS) is 22.0. The first-order chi connectivity index (χ1) is 14.8. The maximum absolute atomic E-state index is 13.1. The van der Waals surface area contributed by atoms with Crippen LogP contribution in [0.3, 0.4) is 0 Å². The molecule has 2 aliphatic rings. The molecule has 1 N–H and O–H groups in total. The van der Waals surface area contributed by atoms with Crippen molar-refractivity contribution in [3.63, 3.8) is 0 Å². The highest BCUT2D eigenvalue weighted by atomic mass is 32.2. The number of thiophene rings is 2. The van der Waals surface area contributed by atoms with Crippen LogP contribution < -0.4 is 5.32 Å². The molecule has 0 spiro atoms. The van der Waals surface area contributed by atoms with Crippen LogP contribution in [-0.2, 0) is 32.4 Å². The van der Waals surface area contributed by atoms with Crippen molar-refractivity contribution in [1.29, 1.82) is 0 Å². The Balaban J connectivity index is 1.54. The van der Waals surface area contributed by atoms with Crippen LogP contribution in [-0.4, -0.2) is 44.8 Å². The molecule has 2 aromatic rings. The summed E-state index contributed by atoms with van der Waals surface area (Å²) in [6, 6.07) is 3.29. The van der Waals surface area contributed by atoms with Gasteiger partial charge >= 0.3 is 5.97 Å². The summed E-state index contributed by atoms with van der Waals surface area (Å²) in [4.78, 5) is 26.7. The van der Waals surface area contributed by atoms with Crippen molar-refractivity contribution >= 4 is 49.6 Å². The number of hydrogen-bond donors (Lipinski definition) is 1. The second kappa shape index (κ2) is 9.01. The van der Waals surface area contributed by atoms with E-state index in [0.29, 0.717) is 40.1 Å². The number of esters is 1. The van der Waals surface area contributed by atoms with Gasteiger partial charge in [0, 0.05) is 18.0 Å². The lowest BCUT2D eigenvalue weighted by Crippen LogP contribution is -2.43. The van der Waals surface area contributed by atoms with Crippen molar-refractivity contribution in [3.8, 4) is 0 Å². The highest BCUT2D eigenvalue weighted by molar-refractivity contribution is 7.91. The topological polar surface area (TPSA) is 92.8 Å². The molecule has 2 atom stereocenters. The molecule has 4 rings (SSSR count). The largest absolute Gasteiger partial charge is 0.465 e. The van der Waals surface area contributed by atoms with Gasteiger partial charge in [-0.25, -0.2) is 13.2 Å². The Kier molecular flexibility index (Phi) is 6.52. The van der Waals surface area contributed by atoms with Crippen molar-refractivity contribution in [2.75, 3.05) is 25.5 Å². The minimum atomic E-state index is -3.59. The lowest BCUT2D eigenvalue weighted by molar-refractivity contribution is -0.120. The van der Waals surface area contributed by atoms with Crippen molar-refractivity contribution in [2.45, 2.75) is 43.2 Å². The van der Waals surface area contributed by atoms with Gasteiger partial charge in [-0.1, -0.05) is 13.0 Å². The van der Waals surface area contributed by atoms with E-state index in [1.54, 1.807) is 17.5 Å². The number of hydrogen-bond acceptors (Lipinski definition) is 7. The van der Waals surface area contributed by atoms with Gasteiger partial charge in [0.1, 0.15) is 9.21 Å². The monoisotopic (exact) mass is 482 g/mol. The van der Waals surface area contributed by atoms with Crippen molar-refractivity contribution in [1.82, 2.24) is 4.31 Å². The highest BCUT2D eigenvalue weighted by Crippen LogP contribution is 2.40. The van der Waals surface area contributed by atoms with Crippen molar-refractivity contribution in [2.24, 2.45) is 11.8 Å². The highest BCUT2D eigenvalue weighted by Gasteiger charge is 2.35. The fraction of sp³-hybridized carbons (Fsp3) is 0.524. The van der Waals surface area contributed by atoms with Crippen LogP contribution in [0.2, 0.25) is 0 Å². The zero-order valence-corrected chi connectivity index (χ0v) is 20.0. The Morgan fingerprint density at radius 3 is 2.81 bits per heavy atom. The number of nitrogens with one attached hydrogen (secondary N) is 1. The third kappa shape index (κ3) is 4.44. The van der Waals surface area contributed by atoms with Gasteiger partial charge in [-0.05, 0) is 55.0 Å². The van der Waals surface area contributed by atoms with Crippen molar-refractivity contribution < 1.29 is 22.7 Å². The maximum atomic E-state index is 13.1. The Morgan fingerprint density at radius 2 is 2.10 bits per heavy atom. The Morgan fingerprint density at radius 1 is 1.29 bits per heavy atom. The number of fused-ring (bicyclic) bond motifs is 1. The summed E-state index contributed by atoms with van der Waals surface area (Å²) in [5.74, 6) is -0.614. The molecule has 1 aliphatic carbocycles. The van der Waals surface area contributed by atoms with Crippen LogP contribution >= 0.6 is 22.7 Å². The molecule has 31 heavy (non-hydrogen) atoms. The predicted molar refractivity (Wildman–Crippen MR) is 121 cm³/mol. The molecule has 2 aromatic heterocycles. The quantitative estimate of drug-likeness (QED) is 0.655. The van der Waals surface area contributed by atoms with E-state index >= 15 is 0 Å². The maximum Gasteiger partial charge on any atom is 0.341 e. The van der Waals surface area contributed by atoms with Crippen LogP contribution in [0.25, 0.3) is 0 Å². The smallest absolute Gasteiger partial charge is 0.341 e. The number of sulfonamides is 1. The number of amides is 1. The lowest BCUT2D eigenvalue weighted by atomic mass is 9.88. The predicted octanol–water partition coefficient (Wildman–Crippen LogP) is 3.76. The van der Waals surface area contributed by atoms with Gasteiger partial charge in [-0.3, -0.25) is 4.79 Å². The minimum Gasteiger partial charge on any atom is -0.465 e. The first-order valence-corrected chi connectivity index (χ1v) is 13.5. The fourth-order valence-corrected chi connectivity index (χ4v) is 8.35. The number of rotatable bonds is 5. The van der Waals surface area contributed by atoms with Crippen LogP contribution in [0, 0.1) is 11.8 Å². The Labute approximate surface area is 190 Å². The van der Waals surface area contributed by atoms with Gasteiger partial charge in [0.2, 0.25) is 5.91 Å². The Hall–Kier alpha value is -1.75. The summed E-state index contributed by atoms with van der Waals surface area (Å²) in [5, 5.41) is 5.19. The number of piperidine rings is 1. The molecule has 3 heterocycles. The third-order valence-corrected chi connectivity index (χ3v) is 10.4. The second-order valence-electron chi connectivity index (χ2n) is 8.17. The number of ether oxygens (including phenoxy) is 1. The summed E-state index contributed by atoms with van der Waals surface area (Å²) in [7, 11) is -2.25. The molecule has 0 saturated carbocycles. The average molecular weight is 483 g/mol. The van der Waals surface area contributed by atoms with Crippen LogP contribution in [0.5, 0.6) is 0 Å². The number of nitrogens with zero attached hydrogens (tertiary/aromatic N) is 1. The van der Waals surface area contributed by atoms with E-state index in [0.717, 1.165) is 29.7 Å². The fourth-order valence-electron chi connectivity index (χ4n) is 4.28. The van der Waals surface area contributed by atoms with E-state index in [4.69, 9.17) is 4.74 Å². The number of anilines is 1. The Bertz CT molecular complexity index is 1070. The summed E-state index contributed by atoms with van der Waals surface area (Å²) in [5.41, 5.74) is 1.44. The molecule has 0 radical (unpaired) electrons. The molecule has 1 aliphatic heterocycles. The van der Waals surface area contributed by atoms with Gasteiger partial charge < -0.3 is 10.1 Å². The number of carbonyl (C=O) groups excluding carboxylic acids is 2. The summed E-state index contributed by atoms with van der Waals surface area (Å²) in [6.45, 7) is 2.73. The van der Waals surface area contributed by atoms with E-state index in [9.17, 15) is 18.0 Å². The summed E-state index contributed by atoms with van der Waals surface area (Å²) in [6.07, 6.45) is 3.90. The second-order valence-corrected chi connectivity index (χ2v) is 12.4. The zero-order valence-electron chi connectivity index (χ0n) is 17.5. The van der Waals surface area contributed by atoms with Gasteiger partial charge in [0.25, 0.3) is 10.0 Å². The molecule has 168 valence electrons. The number of methoxy groups -OCH3 is 1. The molecule has 2 unspecified atom stereocenters. The van der Waals surface area contributed by atoms with Crippen molar-refractivity contribution in [3.05, 3.63) is 33.5 Å². The van der Waals surface area contributed by atoms with Gasteiger partial charge in [0.15, 0.2) is 0 Å². The average Bonchev–Trinajstić information content (AvgIpc) is 3.41. The summed E-state index contributed by atoms with van der Waals surface area (Å²) >= 11 is 2.62. The van der Waals surface area contributed by atoms with Crippen LogP contribution in [0.1, 0.15) is 47.0 Å². The standard InChI is InChI=1S/C21H26N2O5S3/c1-13-7-8-15-16(11-13)30-20(18(15)21(25)28-2)22-19(24)14-5-3-9-23(12-14)31(26,27)17-6-4-10-29-17/h4,6,10,13-14H,3,5,7-9,11-12H2,1-2H3,(H,22,24). The SMILES string of the molecule is COC(=O)c1c(NC(=O)C2CCCN(S(=O)(=O)c3cccs3)C2)sc2c1CCC(C)C2. The minimum absolute atomic E-state index is 0.141. The van der Waals surface area contributed by atoms with E-state index < -0.39 is 21.9 Å².